The number of carbonyl (C=O) groups excluding carboxylic acids is 1. The fourth-order valence-electron chi connectivity index (χ4n) is 4.21. The highest BCUT2D eigenvalue weighted by molar-refractivity contribution is 6.12. The highest BCUT2D eigenvalue weighted by Crippen LogP contribution is 2.39. The fourth-order valence-corrected chi connectivity index (χ4v) is 4.21. The van der Waals surface area contributed by atoms with Crippen molar-refractivity contribution >= 4 is 16.9 Å². The SMILES string of the molecule is CCCN(C)C(=O)c1c(-c2ccccc2)oc2ccc(O)c(CCCN3CCC3)c12. The zero-order valence-corrected chi connectivity index (χ0v) is 17.9. The molecule has 1 aliphatic rings. The van der Waals surface area contributed by atoms with Gasteiger partial charge in [0.25, 0.3) is 5.91 Å². The molecule has 1 saturated heterocycles. The van der Waals surface area contributed by atoms with Crippen LogP contribution in [0, 0.1) is 0 Å². The molecule has 5 heteroatoms. The maximum absolute atomic E-state index is 13.5. The largest absolute Gasteiger partial charge is 0.508 e. The Hall–Kier alpha value is -2.79. The number of hydrogen-bond donors (Lipinski definition) is 1. The average molecular weight is 407 g/mol. The lowest BCUT2D eigenvalue weighted by Crippen LogP contribution is -2.37. The molecule has 0 atom stereocenters. The highest BCUT2D eigenvalue weighted by Gasteiger charge is 2.27. The molecule has 1 aromatic heterocycles. The molecule has 1 amide bonds. The lowest BCUT2D eigenvalue weighted by Gasteiger charge is -2.30. The van der Waals surface area contributed by atoms with Gasteiger partial charge in [-0.25, -0.2) is 0 Å². The van der Waals surface area contributed by atoms with E-state index in [0.29, 0.717) is 29.9 Å². The number of fused-ring (bicyclic) bond motifs is 1. The van der Waals surface area contributed by atoms with Gasteiger partial charge < -0.3 is 19.3 Å². The summed E-state index contributed by atoms with van der Waals surface area (Å²) in [5.41, 5.74) is 2.89. The van der Waals surface area contributed by atoms with Gasteiger partial charge >= 0.3 is 0 Å². The second-order valence-corrected chi connectivity index (χ2v) is 8.13. The Balaban J connectivity index is 1.81. The first kappa shape index (κ1) is 20.5. The van der Waals surface area contributed by atoms with Crippen LogP contribution in [0.15, 0.2) is 46.9 Å². The van der Waals surface area contributed by atoms with Crippen LogP contribution < -0.4 is 0 Å². The van der Waals surface area contributed by atoms with Crippen LogP contribution in [0.1, 0.15) is 42.1 Å². The number of aryl methyl sites for hydroxylation is 1. The van der Waals surface area contributed by atoms with Crippen LogP contribution in [0.4, 0.5) is 0 Å². The Morgan fingerprint density at radius 1 is 1.17 bits per heavy atom. The number of nitrogens with zero attached hydrogens (tertiary/aromatic N) is 2. The number of rotatable bonds is 8. The molecule has 158 valence electrons. The van der Waals surface area contributed by atoms with Crippen molar-refractivity contribution in [2.75, 3.05) is 33.2 Å². The van der Waals surface area contributed by atoms with Gasteiger partial charge in [0.2, 0.25) is 0 Å². The molecule has 1 fully saturated rings. The first-order chi connectivity index (χ1) is 14.6. The maximum Gasteiger partial charge on any atom is 0.258 e. The van der Waals surface area contributed by atoms with E-state index in [-0.39, 0.29) is 11.7 Å². The monoisotopic (exact) mass is 406 g/mol. The molecule has 0 spiro atoms. The van der Waals surface area contributed by atoms with Gasteiger partial charge in [0.05, 0.1) is 5.56 Å². The Bertz CT molecular complexity index is 1020. The van der Waals surface area contributed by atoms with Crippen molar-refractivity contribution in [2.45, 2.75) is 32.6 Å². The lowest BCUT2D eigenvalue weighted by atomic mass is 9.97. The van der Waals surface area contributed by atoms with Gasteiger partial charge in [0.1, 0.15) is 17.1 Å². The fraction of sp³-hybridized carbons (Fsp3) is 0.400. The summed E-state index contributed by atoms with van der Waals surface area (Å²) in [6, 6.07) is 13.2. The third-order valence-corrected chi connectivity index (χ3v) is 5.94. The van der Waals surface area contributed by atoms with Crippen LogP contribution in [0.3, 0.4) is 0 Å². The molecule has 0 radical (unpaired) electrons. The Morgan fingerprint density at radius 3 is 2.60 bits per heavy atom. The molecule has 0 unspecified atom stereocenters. The van der Waals surface area contributed by atoms with Gasteiger partial charge in [-0.15, -0.1) is 0 Å². The second-order valence-electron chi connectivity index (χ2n) is 8.13. The van der Waals surface area contributed by atoms with E-state index in [9.17, 15) is 9.90 Å². The summed E-state index contributed by atoms with van der Waals surface area (Å²) in [5.74, 6) is 0.746. The first-order valence-electron chi connectivity index (χ1n) is 10.9. The number of amides is 1. The number of hydrogen-bond acceptors (Lipinski definition) is 4. The minimum absolute atomic E-state index is 0.0657. The highest BCUT2D eigenvalue weighted by atomic mass is 16.3. The minimum atomic E-state index is -0.0657. The molecule has 2 aromatic carbocycles. The Morgan fingerprint density at radius 2 is 1.93 bits per heavy atom. The van der Waals surface area contributed by atoms with E-state index in [4.69, 9.17) is 4.42 Å². The third-order valence-electron chi connectivity index (χ3n) is 5.94. The van der Waals surface area contributed by atoms with E-state index < -0.39 is 0 Å². The number of aromatic hydroxyl groups is 1. The summed E-state index contributed by atoms with van der Waals surface area (Å²) >= 11 is 0. The van der Waals surface area contributed by atoms with Crippen molar-refractivity contribution in [3.63, 3.8) is 0 Å². The summed E-state index contributed by atoms with van der Waals surface area (Å²) in [6.07, 6.45) is 3.81. The summed E-state index contributed by atoms with van der Waals surface area (Å²) in [7, 11) is 1.83. The number of benzene rings is 2. The standard InChI is InChI=1S/C25H30N2O3/c1-3-14-26(2)25(29)23-22-19(11-7-15-27-16-8-17-27)20(28)12-13-21(22)30-24(23)18-9-5-4-6-10-18/h4-6,9-10,12-13,28H,3,7-8,11,14-17H2,1-2H3. The minimum Gasteiger partial charge on any atom is -0.508 e. The molecule has 5 nitrogen and oxygen atoms in total. The average Bonchev–Trinajstić information content (AvgIpc) is 3.11. The molecule has 1 N–H and O–H groups in total. The van der Waals surface area contributed by atoms with E-state index in [1.807, 2.05) is 37.4 Å². The molecule has 2 heterocycles. The number of phenols is 1. The molecule has 30 heavy (non-hydrogen) atoms. The van der Waals surface area contributed by atoms with Crippen molar-refractivity contribution in [3.8, 4) is 17.1 Å². The van der Waals surface area contributed by atoms with Gasteiger partial charge in [0, 0.05) is 30.1 Å². The second kappa shape index (κ2) is 8.92. The van der Waals surface area contributed by atoms with Gasteiger partial charge in [-0.2, -0.15) is 0 Å². The van der Waals surface area contributed by atoms with Crippen LogP contribution in [-0.4, -0.2) is 54.0 Å². The van der Waals surface area contributed by atoms with Gasteiger partial charge in [0.15, 0.2) is 0 Å². The quantitative estimate of drug-likeness (QED) is 0.577. The molecule has 0 saturated carbocycles. The molecule has 3 aromatic rings. The van der Waals surface area contributed by atoms with Crippen molar-refractivity contribution in [3.05, 3.63) is 53.6 Å². The van der Waals surface area contributed by atoms with Crippen LogP contribution >= 0.6 is 0 Å². The van der Waals surface area contributed by atoms with Gasteiger partial charge in [-0.05, 0) is 57.5 Å². The lowest BCUT2D eigenvalue weighted by molar-refractivity contribution is 0.0797. The molecule has 1 aliphatic heterocycles. The molecule has 4 rings (SSSR count). The number of furan rings is 1. The summed E-state index contributed by atoms with van der Waals surface area (Å²) < 4.78 is 6.22. The zero-order valence-electron chi connectivity index (χ0n) is 17.9. The third kappa shape index (κ3) is 3.94. The summed E-state index contributed by atoms with van der Waals surface area (Å²) in [4.78, 5) is 17.6. The molecule has 0 aliphatic carbocycles. The number of phenolic OH excluding ortho intramolecular Hbond substituents is 1. The maximum atomic E-state index is 13.5. The zero-order chi connectivity index (χ0) is 21.1. The van der Waals surface area contributed by atoms with E-state index in [1.54, 1.807) is 17.0 Å². The molecular formula is C25H30N2O3. The summed E-state index contributed by atoms with van der Waals surface area (Å²) in [6.45, 7) is 6.06. The first-order valence-corrected chi connectivity index (χ1v) is 10.9. The molecular weight excluding hydrogens is 376 g/mol. The predicted octanol–water partition coefficient (Wildman–Crippen LogP) is 4.93. The number of carbonyl (C=O) groups is 1. The van der Waals surface area contributed by atoms with Crippen LogP contribution in [0.2, 0.25) is 0 Å². The predicted molar refractivity (Wildman–Crippen MR) is 120 cm³/mol. The van der Waals surface area contributed by atoms with Crippen molar-refractivity contribution < 1.29 is 14.3 Å². The Labute approximate surface area is 177 Å². The Kier molecular flexibility index (Phi) is 6.09. The number of likely N-dealkylation sites (tertiary alicyclic amines) is 1. The van der Waals surface area contributed by atoms with Crippen LogP contribution in [0.5, 0.6) is 5.75 Å². The summed E-state index contributed by atoms with van der Waals surface area (Å²) in [5, 5.41) is 11.4. The van der Waals surface area contributed by atoms with E-state index in [2.05, 4.69) is 11.8 Å². The van der Waals surface area contributed by atoms with Gasteiger partial charge in [-0.1, -0.05) is 37.3 Å². The van der Waals surface area contributed by atoms with Crippen molar-refractivity contribution in [1.82, 2.24) is 9.80 Å². The van der Waals surface area contributed by atoms with Crippen molar-refractivity contribution in [2.24, 2.45) is 0 Å². The smallest absolute Gasteiger partial charge is 0.258 e. The topological polar surface area (TPSA) is 56.9 Å². The van der Waals surface area contributed by atoms with E-state index in [0.717, 1.165) is 49.0 Å². The van der Waals surface area contributed by atoms with E-state index >= 15 is 0 Å². The molecule has 0 bridgehead atoms. The van der Waals surface area contributed by atoms with Crippen LogP contribution in [-0.2, 0) is 6.42 Å². The van der Waals surface area contributed by atoms with Crippen LogP contribution in [0.25, 0.3) is 22.3 Å². The normalized spacial score (nSPS) is 14.1. The van der Waals surface area contributed by atoms with Gasteiger partial charge in [-0.3, -0.25) is 4.79 Å². The van der Waals surface area contributed by atoms with E-state index in [1.165, 1.54) is 6.42 Å². The van der Waals surface area contributed by atoms with Crippen molar-refractivity contribution in [1.29, 1.82) is 0 Å².